The van der Waals surface area contributed by atoms with E-state index in [0.717, 1.165) is 22.2 Å². The standard InChI is InChI=1S/C26H18Cl2INO5S/c1-14-6-8-16(9-7-14)25(32)35-23-20(29)10-15(11-21(23)34-2)12-22-24(31)30(26(33)36-22)13-17-18(27)4-3-5-19(17)28/h3-12H,13H2,1-2H3/b22-12-. The second kappa shape index (κ2) is 11.2. The van der Waals surface area contributed by atoms with Gasteiger partial charge in [0.2, 0.25) is 0 Å². The topological polar surface area (TPSA) is 72.9 Å². The van der Waals surface area contributed by atoms with Gasteiger partial charge >= 0.3 is 5.97 Å². The molecule has 0 aliphatic carbocycles. The monoisotopic (exact) mass is 653 g/mol. The summed E-state index contributed by atoms with van der Waals surface area (Å²) in [6.07, 6.45) is 1.59. The Bertz CT molecular complexity index is 1390. The molecule has 0 radical (unpaired) electrons. The van der Waals surface area contributed by atoms with Gasteiger partial charge in [-0.05, 0) is 89.3 Å². The zero-order chi connectivity index (χ0) is 26.0. The number of methoxy groups -OCH3 is 1. The molecule has 1 fully saturated rings. The average Bonchev–Trinajstić information content (AvgIpc) is 3.10. The molecule has 1 aliphatic heterocycles. The van der Waals surface area contributed by atoms with Crippen LogP contribution in [0, 0.1) is 10.5 Å². The Hall–Kier alpha value is -2.53. The summed E-state index contributed by atoms with van der Waals surface area (Å²) in [5.41, 5.74) is 2.55. The van der Waals surface area contributed by atoms with Gasteiger partial charge in [0.05, 0.1) is 27.7 Å². The second-order valence-corrected chi connectivity index (χ2v) is 10.7. The van der Waals surface area contributed by atoms with Crippen molar-refractivity contribution in [3.05, 3.63) is 95.4 Å². The average molecular weight is 654 g/mol. The fourth-order valence-corrected chi connectivity index (χ4v) is 5.48. The highest BCUT2D eigenvalue weighted by Gasteiger charge is 2.36. The van der Waals surface area contributed by atoms with Gasteiger partial charge in [-0.3, -0.25) is 14.5 Å². The Morgan fingerprint density at radius 1 is 1.08 bits per heavy atom. The quantitative estimate of drug-likeness (QED) is 0.120. The zero-order valence-electron chi connectivity index (χ0n) is 19.0. The predicted octanol–water partition coefficient (Wildman–Crippen LogP) is 7.37. The highest BCUT2D eigenvalue weighted by atomic mass is 127. The Morgan fingerprint density at radius 3 is 2.39 bits per heavy atom. The van der Waals surface area contributed by atoms with Crippen LogP contribution in [0.4, 0.5) is 4.79 Å². The number of hydrogen-bond acceptors (Lipinski definition) is 6. The molecule has 2 amide bonds. The third-order valence-corrected chi connectivity index (χ3v) is 7.70. The molecule has 6 nitrogen and oxygen atoms in total. The molecule has 0 N–H and O–H groups in total. The van der Waals surface area contributed by atoms with Crippen molar-refractivity contribution in [1.82, 2.24) is 4.90 Å². The summed E-state index contributed by atoms with van der Waals surface area (Å²) in [4.78, 5) is 39.6. The number of carbonyl (C=O) groups is 3. The Morgan fingerprint density at radius 2 is 1.75 bits per heavy atom. The van der Waals surface area contributed by atoms with Crippen LogP contribution in [0.2, 0.25) is 10.0 Å². The molecule has 0 saturated carbocycles. The van der Waals surface area contributed by atoms with Crippen molar-refractivity contribution in [3.63, 3.8) is 0 Å². The summed E-state index contributed by atoms with van der Waals surface area (Å²) in [5, 5.41) is 0.328. The number of rotatable bonds is 6. The van der Waals surface area contributed by atoms with E-state index in [4.69, 9.17) is 32.7 Å². The van der Waals surface area contributed by atoms with E-state index in [9.17, 15) is 14.4 Å². The molecule has 3 aromatic carbocycles. The van der Waals surface area contributed by atoms with Crippen LogP contribution in [0.1, 0.15) is 27.0 Å². The molecular formula is C26H18Cl2INO5S. The molecule has 1 saturated heterocycles. The van der Waals surface area contributed by atoms with Gasteiger partial charge in [0, 0.05) is 15.6 Å². The molecule has 10 heteroatoms. The fraction of sp³-hybridized carbons (Fsp3) is 0.115. The van der Waals surface area contributed by atoms with Crippen molar-refractivity contribution in [3.8, 4) is 11.5 Å². The van der Waals surface area contributed by atoms with Gasteiger partial charge < -0.3 is 9.47 Å². The number of imide groups is 1. The van der Waals surface area contributed by atoms with Crippen LogP contribution in [0.3, 0.4) is 0 Å². The number of ether oxygens (including phenoxy) is 2. The highest BCUT2D eigenvalue weighted by Crippen LogP contribution is 2.39. The van der Waals surface area contributed by atoms with Gasteiger partial charge in [0.1, 0.15) is 0 Å². The summed E-state index contributed by atoms with van der Waals surface area (Å²) >= 11 is 15.3. The number of nitrogens with zero attached hydrogens (tertiary/aromatic N) is 1. The molecular weight excluding hydrogens is 636 g/mol. The van der Waals surface area contributed by atoms with E-state index >= 15 is 0 Å². The molecule has 4 rings (SSSR count). The van der Waals surface area contributed by atoms with Gasteiger partial charge in [-0.2, -0.15) is 0 Å². The maximum absolute atomic E-state index is 13.0. The summed E-state index contributed by atoms with van der Waals surface area (Å²) in [7, 11) is 1.46. The van der Waals surface area contributed by atoms with Crippen LogP contribution in [0.5, 0.6) is 11.5 Å². The van der Waals surface area contributed by atoms with Crippen LogP contribution in [0.25, 0.3) is 6.08 Å². The maximum Gasteiger partial charge on any atom is 0.343 e. The van der Waals surface area contributed by atoms with E-state index in [0.29, 0.717) is 36.1 Å². The first-order valence-corrected chi connectivity index (χ1v) is 13.2. The lowest BCUT2D eigenvalue weighted by molar-refractivity contribution is -0.123. The number of amides is 2. The molecule has 0 spiro atoms. The van der Waals surface area contributed by atoms with Gasteiger partial charge in [0.25, 0.3) is 11.1 Å². The lowest BCUT2D eigenvalue weighted by Gasteiger charge is -2.15. The van der Waals surface area contributed by atoms with Gasteiger partial charge in [0.15, 0.2) is 11.5 Å². The minimum Gasteiger partial charge on any atom is -0.493 e. The van der Waals surface area contributed by atoms with Crippen molar-refractivity contribution in [2.75, 3.05) is 7.11 Å². The number of thioether (sulfide) groups is 1. The lowest BCUT2D eigenvalue weighted by atomic mass is 10.1. The van der Waals surface area contributed by atoms with Crippen molar-refractivity contribution in [2.45, 2.75) is 13.5 Å². The summed E-state index contributed by atoms with van der Waals surface area (Å²) < 4.78 is 11.7. The Balaban J connectivity index is 1.58. The Kier molecular flexibility index (Phi) is 8.29. The van der Waals surface area contributed by atoms with Crippen LogP contribution >= 0.6 is 57.6 Å². The van der Waals surface area contributed by atoms with Crippen LogP contribution in [0.15, 0.2) is 59.5 Å². The third-order valence-electron chi connectivity index (χ3n) is 5.28. The number of benzene rings is 3. The minimum atomic E-state index is -0.515. The van der Waals surface area contributed by atoms with E-state index in [1.54, 1.807) is 48.5 Å². The largest absolute Gasteiger partial charge is 0.493 e. The molecule has 36 heavy (non-hydrogen) atoms. The highest BCUT2D eigenvalue weighted by molar-refractivity contribution is 14.1. The molecule has 1 aliphatic rings. The first-order valence-electron chi connectivity index (χ1n) is 10.5. The fourth-order valence-electron chi connectivity index (χ4n) is 3.39. The number of esters is 1. The van der Waals surface area contributed by atoms with Gasteiger partial charge in [-0.1, -0.05) is 47.0 Å². The van der Waals surface area contributed by atoms with Crippen LogP contribution in [-0.4, -0.2) is 29.1 Å². The molecule has 3 aromatic rings. The predicted molar refractivity (Wildman–Crippen MR) is 150 cm³/mol. The normalized spacial score (nSPS) is 14.5. The number of carbonyl (C=O) groups excluding carboxylic acids is 3. The molecule has 0 bridgehead atoms. The van der Waals surface area contributed by atoms with Crippen molar-refractivity contribution < 1.29 is 23.9 Å². The minimum absolute atomic E-state index is 0.0325. The first-order chi connectivity index (χ1) is 17.2. The van der Waals surface area contributed by atoms with Gasteiger partial charge in [-0.15, -0.1) is 0 Å². The van der Waals surface area contributed by atoms with Crippen LogP contribution < -0.4 is 9.47 Å². The second-order valence-electron chi connectivity index (χ2n) is 7.76. The molecule has 0 aromatic heterocycles. The summed E-state index contributed by atoms with van der Waals surface area (Å²) in [5.74, 6) is -0.388. The first kappa shape index (κ1) is 26.5. The van der Waals surface area contributed by atoms with Crippen molar-refractivity contribution >= 4 is 80.7 Å². The van der Waals surface area contributed by atoms with E-state index in [-0.39, 0.29) is 17.2 Å². The number of hydrogen-bond donors (Lipinski definition) is 0. The summed E-state index contributed by atoms with van der Waals surface area (Å²) in [6.45, 7) is 1.90. The van der Waals surface area contributed by atoms with E-state index in [1.807, 2.05) is 41.6 Å². The van der Waals surface area contributed by atoms with Crippen molar-refractivity contribution in [1.29, 1.82) is 0 Å². The van der Waals surface area contributed by atoms with Crippen LogP contribution in [-0.2, 0) is 11.3 Å². The van der Waals surface area contributed by atoms with E-state index in [1.165, 1.54) is 7.11 Å². The molecule has 0 atom stereocenters. The maximum atomic E-state index is 13.0. The van der Waals surface area contributed by atoms with E-state index < -0.39 is 17.1 Å². The smallest absolute Gasteiger partial charge is 0.343 e. The molecule has 0 unspecified atom stereocenters. The number of aryl methyl sites for hydroxylation is 1. The van der Waals surface area contributed by atoms with Crippen molar-refractivity contribution in [2.24, 2.45) is 0 Å². The molecule has 184 valence electrons. The third kappa shape index (κ3) is 5.72. The summed E-state index contributed by atoms with van der Waals surface area (Å²) in [6, 6.07) is 15.4. The zero-order valence-corrected chi connectivity index (χ0v) is 23.5. The lowest BCUT2D eigenvalue weighted by Crippen LogP contribution is -2.27. The number of halogens is 3. The molecule has 1 heterocycles. The van der Waals surface area contributed by atoms with Gasteiger partial charge in [-0.25, -0.2) is 4.79 Å². The SMILES string of the molecule is COc1cc(/C=C2\SC(=O)N(Cc3c(Cl)cccc3Cl)C2=O)cc(I)c1OC(=O)c1ccc(C)cc1. The Labute approximate surface area is 235 Å². The van der Waals surface area contributed by atoms with E-state index in [2.05, 4.69) is 0 Å².